The number of methoxy groups -OCH3 is 1. The summed E-state index contributed by atoms with van der Waals surface area (Å²) < 4.78 is 10.5. The molecule has 1 heterocycles. The molecular weight excluding hydrogens is 334 g/mol. The number of carbonyl (C=O) groups excluding carboxylic acids is 3. The van der Waals surface area contributed by atoms with E-state index in [9.17, 15) is 14.4 Å². The molecule has 3 rings (SSSR count). The van der Waals surface area contributed by atoms with Gasteiger partial charge in [-0.25, -0.2) is 0 Å². The molecule has 6 nitrogen and oxygen atoms in total. The number of carbonyl (C=O) groups is 3. The molecule has 0 N–H and O–H groups in total. The minimum atomic E-state index is -0.650. The van der Waals surface area contributed by atoms with E-state index in [1.54, 1.807) is 18.2 Å². The van der Waals surface area contributed by atoms with E-state index in [4.69, 9.17) is 4.74 Å². The summed E-state index contributed by atoms with van der Waals surface area (Å²) in [6.45, 7) is 3.59. The molecule has 2 aromatic carbocycles. The maximum absolute atomic E-state index is 12.5. The average Bonchev–Trinajstić information content (AvgIpc) is 2.87. The molecule has 0 bridgehead atoms. The number of esters is 1. The Morgan fingerprint density at radius 2 is 1.81 bits per heavy atom. The highest BCUT2D eigenvalue weighted by Gasteiger charge is 2.37. The normalized spacial score (nSPS) is 13.0. The van der Waals surface area contributed by atoms with Crippen molar-refractivity contribution in [1.82, 2.24) is 4.90 Å². The van der Waals surface area contributed by atoms with Crippen molar-refractivity contribution >= 4 is 17.8 Å². The Labute approximate surface area is 151 Å². The maximum Gasteiger partial charge on any atom is 0.325 e. The molecule has 0 fully saturated rings. The molecule has 0 radical (unpaired) electrons. The number of para-hydroxylation sites is 1. The minimum absolute atomic E-state index is 0.225. The van der Waals surface area contributed by atoms with Crippen LogP contribution in [0.3, 0.4) is 0 Å². The highest BCUT2D eigenvalue weighted by Crippen LogP contribution is 2.32. The van der Waals surface area contributed by atoms with E-state index in [1.165, 1.54) is 7.11 Å². The number of aryl methyl sites for hydroxylation is 2. The van der Waals surface area contributed by atoms with Gasteiger partial charge in [0.25, 0.3) is 11.8 Å². The number of benzene rings is 2. The Bertz CT molecular complexity index is 903. The highest BCUT2D eigenvalue weighted by atomic mass is 16.5. The molecule has 0 saturated carbocycles. The van der Waals surface area contributed by atoms with Crippen molar-refractivity contribution in [2.75, 3.05) is 13.7 Å². The zero-order chi connectivity index (χ0) is 18.8. The summed E-state index contributed by atoms with van der Waals surface area (Å²) in [6.07, 6.45) is 0.812. The number of imide groups is 1. The van der Waals surface area contributed by atoms with Gasteiger partial charge in [0.05, 0.1) is 18.2 Å². The van der Waals surface area contributed by atoms with Gasteiger partial charge < -0.3 is 9.47 Å². The number of nitrogens with zero attached hydrogens (tertiary/aromatic N) is 1. The fourth-order valence-electron chi connectivity index (χ4n) is 2.93. The second-order valence-corrected chi connectivity index (χ2v) is 6.00. The number of hydrogen-bond acceptors (Lipinski definition) is 5. The van der Waals surface area contributed by atoms with Gasteiger partial charge in [-0.1, -0.05) is 25.1 Å². The van der Waals surface area contributed by atoms with E-state index < -0.39 is 24.3 Å². The van der Waals surface area contributed by atoms with Crippen LogP contribution in [-0.4, -0.2) is 36.3 Å². The van der Waals surface area contributed by atoms with Crippen LogP contribution in [-0.2, 0) is 16.0 Å². The fraction of sp³-hybridized carbons (Fsp3) is 0.250. The monoisotopic (exact) mass is 353 g/mol. The van der Waals surface area contributed by atoms with Crippen molar-refractivity contribution in [3.63, 3.8) is 0 Å². The lowest BCUT2D eigenvalue weighted by Crippen LogP contribution is -2.35. The molecule has 0 aromatic heterocycles. The van der Waals surface area contributed by atoms with Gasteiger partial charge in [0.1, 0.15) is 18.0 Å². The number of rotatable bonds is 5. The Morgan fingerprint density at radius 3 is 2.50 bits per heavy atom. The zero-order valence-corrected chi connectivity index (χ0v) is 14.9. The van der Waals surface area contributed by atoms with Gasteiger partial charge in [-0.05, 0) is 42.7 Å². The SMILES string of the molecule is CCc1cccc(C)c1Oc1ccc2c(c1)C(=O)N(CC(=O)OC)C2=O. The average molecular weight is 353 g/mol. The lowest BCUT2D eigenvalue weighted by atomic mass is 10.1. The lowest BCUT2D eigenvalue weighted by molar-refractivity contribution is -0.140. The lowest BCUT2D eigenvalue weighted by Gasteiger charge is -2.13. The molecule has 0 unspecified atom stereocenters. The van der Waals surface area contributed by atoms with E-state index in [-0.39, 0.29) is 11.1 Å². The van der Waals surface area contributed by atoms with Gasteiger partial charge in [0.15, 0.2) is 0 Å². The maximum atomic E-state index is 12.5. The predicted octanol–water partition coefficient (Wildman–Crippen LogP) is 3.12. The van der Waals surface area contributed by atoms with Gasteiger partial charge in [-0.3, -0.25) is 19.3 Å². The van der Waals surface area contributed by atoms with Crippen molar-refractivity contribution < 1.29 is 23.9 Å². The first-order chi connectivity index (χ1) is 12.5. The first-order valence-corrected chi connectivity index (χ1v) is 8.29. The summed E-state index contributed by atoms with van der Waals surface area (Å²) in [7, 11) is 1.21. The van der Waals surface area contributed by atoms with E-state index in [1.807, 2.05) is 32.0 Å². The van der Waals surface area contributed by atoms with Gasteiger partial charge in [0.2, 0.25) is 0 Å². The number of hydrogen-bond donors (Lipinski definition) is 0. The van der Waals surface area contributed by atoms with Crippen LogP contribution in [0.4, 0.5) is 0 Å². The second kappa shape index (κ2) is 7.00. The van der Waals surface area contributed by atoms with Gasteiger partial charge in [-0.2, -0.15) is 0 Å². The minimum Gasteiger partial charge on any atom is -0.468 e. The quantitative estimate of drug-likeness (QED) is 0.610. The van der Waals surface area contributed by atoms with Crippen LogP contribution in [0.2, 0.25) is 0 Å². The smallest absolute Gasteiger partial charge is 0.325 e. The molecule has 1 aliphatic heterocycles. The number of ether oxygens (including phenoxy) is 2. The second-order valence-electron chi connectivity index (χ2n) is 6.00. The highest BCUT2D eigenvalue weighted by molar-refractivity contribution is 6.22. The largest absolute Gasteiger partial charge is 0.468 e. The molecule has 1 aliphatic rings. The molecule has 0 atom stereocenters. The third kappa shape index (κ3) is 3.06. The van der Waals surface area contributed by atoms with Gasteiger partial charge in [-0.15, -0.1) is 0 Å². The van der Waals surface area contributed by atoms with Crippen LogP contribution in [0, 0.1) is 6.92 Å². The van der Waals surface area contributed by atoms with Crippen LogP contribution in [0.25, 0.3) is 0 Å². The third-order valence-corrected chi connectivity index (χ3v) is 4.35. The summed E-state index contributed by atoms with van der Waals surface area (Å²) in [4.78, 5) is 37.1. The van der Waals surface area contributed by atoms with Crippen LogP contribution >= 0.6 is 0 Å². The first kappa shape index (κ1) is 17.7. The van der Waals surface area contributed by atoms with Gasteiger partial charge in [0, 0.05) is 0 Å². The van der Waals surface area contributed by atoms with Crippen molar-refractivity contribution in [3.05, 3.63) is 58.7 Å². The molecule has 2 amide bonds. The van der Waals surface area contributed by atoms with Crippen molar-refractivity contribution in [3.8, 4) is 11.5 Å². The summed E-state index contributed by atoms with van der Waals surface area (Å²) in [6, 6.07) is 10.6. The Kier molecular flexibility index (Phi) is 4.75. The van der Waals surface area contributed by atoms with Crippen molar-refractivity contribution in [1.29, 1.82) is 0 Å². The van der Waals surface area contributed by atoms with E-state index in [0.717, 1.165) is 28.2 Å². The van der Waals surface area contributed by atoms with E-state index in [0.29, 0.717) is 5.75 Å². The zero-order valence-electron chi connectivity index (χ0n) is 14.9. The Morgan fingerprint density at radius 1 is 1.08 bits per heavy atom. The van der Waals surface area contributed by atoms with Crippen molar-refractivity contribution in [2.24, 2.45) is 0 Å². The van der Waals surface area contributed by atoms with E-state index in [2.05, 4.69) is 4.74 Å². The molecule has 0 spiro atoms. The number of fused-ring (bicyclic) bond motifs is 1. The molecule has 6 heteroatoms. The molecule has 2 aromatic rings. The molecular formula is C20H19NO5. The van der Waals surface area contributed by atoms with E-state index >= 15 is 0 Å². The van der Waals surface area contributed by atoms with Crippen LogP contribution in [0.1, 0.15) is 38.8 Å². The molecule has 0 saturated heterocycles. The summed E-state index contributed by atoms with van der Waals surface area (Å²) >= 11 is 0. The topological polar surface area (TPSA) is 72.9 Å². The van der Waals surface area contributed by atoms with Crippen molar-refractivity contribution in [2.45, 2.75) is 20.3 Å². The summed E-state index contributed by atoms with van der Waals surface area (Å²) in [5.41, 5.74) is 2.52. The molecule has 0 aliphatic carbocycles. The first-order valence-electron chi connectivity index (χ1n) is 8.29. The summed E-state index contributed by atoms with van der Waals surface area (Å²) in [5.74, 6) is -0.469. The third-order valence-electron chi connectivity index (χ3n) is 4.35. The Balaban J connectivity index is 1.91. The van der Waals surface area contributed by atoms with Gasteiger partial charge >= 0.3 is 5.97 Å². The predicted molar refractivity (Wildman–Crippen MR) is 94.5 cm³/mol. The number of amides is 2. The standard InChI is InChI=1S/C20H19NO5/c1-4-13-7-5-6-12(2)18(13)26-14-8-9-15-16(10-14)20(24)21(19(15)23)11-17(22)25-3/h5-10H,4,11H2,1-3H3. The van der Waals surface area contributed by atoms with Crippen LogP contribution < -0.4 is 4.74 Å². The molecule has 26 heavy (non-hydrogen) atoms. The van der Waals surface area contributed by atoms with Crippen LogP contribution in [0.15, 0.2) is 36.4 Å². The molecule has 134 valence electrons. The van der Waals surface area contributed by atoms with Crippen LogP contribution in [0.5, 0.6) is 11.5 Å². The fourth-order valence-corrected chi connectivity index (χ4v) is 2.93. The summed E-state index contributed by atoms with van der Waals surface area (Å²) in [5, 5.41) is 0. The Hall–Kier alpha value is -3.15.